The van der Waals surface area contributed by atoms with Crippen molar-refractivity contribution in [2.75, 3.05) is 43.5 Å². The van der Waals surface area contributed by atoms with Gasteiger partial charge < -0.3 is 19.9 Å². The monoisotopic (exact) mass is 555 g/mol. The number of anilines is 2. The fraction of sp³-hybridized carbons (Fsp3) is 0.192. The molecule has 1 fully saturated rings. The van der Waals surface area contributed by atoms with Gasteiger partial charge >= 0.3 is 5.97 Å². The second kappa shape index (κ2) is 10.9. The van der Waals surface area contributed by atoms with E-state index in [2.05, 4.69) is 26.1 Å². The summed E-state index contributed by atoms with van der Waals surface area (Å²) in [5.74, 6) is -0.924. The molecule has 0 unspecified atom stereocenters. The molecule has 1 heterocycles. The van der Waals surface area contributed by atoms with Crippen LogP contribution in [0.5, 0.6) is 0 Å². The van der Waals surface area contributed by atoms with Crippen molar-refractivity contribution in [1.82, 2.24) is 4.90 Å². The number of carbonyl (C=O) groups is 3. The van der Waals surface area contributed by atoms with Gasteiger partial charge in [-0.3, -0.25) is 9.59 Å². The minimum absolute atomic E-state index is 0.0101. The number of nitrogens with zero attached hydrogens (tertiary/aromatic N) is 2. The molecule has 0 saturated carbocycles. The number of rotatable bonds is 5. The van der Waals surface area contributed by atoms with Gasteiger partial charge in [0.05, 0.1) is 34.6 Å². The summed E-state index contributed by atoms with van der Waals surface area (Å²) in [4.78, 5) is 41.9. The number of nitrogens with one attached hydrogen (secondary N) is 1. The number of hydrogen-bond acceptors (Lipinski definition) is 5. The van der Waals surface area contributed by atoms with Crippen LogP contribution in [-0.2, 0) is 4.74 Å². The van der Waals surface area contributed by atoms with Crippen molar-refractivity contribution in [2.45, 2.75) is 0 Å². The fourth-order valence-electron chi connectivity index (χ4n) is 3.93. The molecule has 3 aromatic carbocycles. The van der Waals surface area contributed by atoms with Gasteiger partial charge in [0, 0.05) is 36.2 Å². The normalized spacial score (nSPS) is 13.3. The highest BCUT2D eigenvalue weighted by atomic mass is 79.9. The molecule has 35 heavy (non-hydrogen) atoms. The number of ether oxygens (including phenoxy) is 1. The van der Waals surface area contributed by atoms with Crippen LogP contribution in [0, 0.1) is 0 Å². The highest BCUT2D eigenvalue weighted by Crippen LogP contribution is 2.30. The van der Waals surface area contributed by atoms with E-state index in [0.717, 1.165) is 10.2 Å². The topological polar surface area (TPSA) is 79.0 Å². The Kier molecular flexibility index (Phi) is 7.73. The van der Waals surface area contributed by atoms with Gasteiger partial charge in [0.25, 0.3) is 11.8 Å². The molecule has 180 valence electrons. The Labute approximate surface area is 216 Å². The lowest BCUT2D eigenvalue weighted by Crippen LogP contribution is -2.49. The van der Waals surface area contributed by atoms with Crippen LogP contribution in [0.3, 0.4) is 0 Å². The van der Waals surface area contributed by atoms with Crippen LogP contribution in [-0.4, -0.2) is 56.0 Å². The van der Waals surface area contributed by atoms with Crippen molar-refractivity contribution in [1.29, 1.82) is 0 Å². The molecule has 1 aliphatic heterocycles. The molecule has 1 N–H and O–H groups in total. The van der Waals surface area contributed by atoms with Crippen LogP contribution in [0.2, 0.25) is 5.02 Å². The molecule has 0 aliphatic carbocycles. The molecule has 0 spiro atoms. The number of hydrogen-bond donors (Lipinski definition) is 1. The molecule has 3 aromatic rings. The maximum atomic E-state index is 13.1. The summed E-state index contributed by atoms with van der Waals surface area (Å²) in [6.45, 7) is 2.18. The number of amides is 2. The van der Waals surface area contributed by atoms with Crippen LogP contribution in [0.4, 0.5) is 11.4 Å². The number of piperazine rings is 1. The van der Waals surface area contributed by atoms with Crippen molar-refractivity contribution in [2.24, 2.45) is 0 Å². The number of esters is 1. The van der Waals surface area contributed by atoms with Gasteiger partial charge in [0.15, 0.2) is 0 Å². The first-order chi connectivity index (χ1) is 16.9. The van der Waals surface area contributed by atoms with Gasteiger partial charge in [-0.2, -0.15) is 0 Å². The van der Waals surface area contributed by atoms with Crippen LogP contribution < -0.4 is 10.2 Å². The third kappa shape index (κ3) is 5.66. The zero-order chi connectivity index (χ0) is 24.9. The third-order valence-corrected chi connectivity index (χ3v) is 6.59. The molecule has 0 aromatic heterocycles. The molecule has 1 saturated heterocycles. The van der Waals surface area contributed by atoms with Gasteiger partial charge in [-0.05, 0) is 48.5 Å². The Balaban J connectivity index is 1.57. The minimum atomic E-state index is -0.509. The van der Waals surface area contributed by atoms with Crippen LogP contribution in [0.1, 0.15) is 31.1 Å². The smallest absolute Gasteiger partial charge is 0.337 e. The summed E-state index contributed by atoms with van der Waals surface area (Å²) in [7, 11) is 1.30. The predicted octanol–water partition coefficient (Wildman–Crippen LogP) is 5.10. The summed E-state index contributed by atoms with van der Waals surface area (Å²) in [5.41, 5.74) is 2.46. The van der Waals surface area contributed by atoms with E-state index >= 15 is 0 Å². The third-order valence-electron chi connectivity index (χ3n) is 5.77. The predicted molar refractivity (Wildman–Crippen MR) is 139 cm³/mol. The standard InChI is InChI=1S/C26H23BrClN3O4/c1-35-26(34)18-7-10-23(22(15-18)29-24(32)20-16-19(27)8-9-21(20)28)30-11-13-31(14-12-30)25(33)17-5-3-2-4-6-17/h2-10,15-16H,11-14H2,1H3,(H,29,32). The van der Waals surface area contributed by atoms with Crippen molar-refractivity contribution >= 4 is 56.7 Å². The molecule has 0 radical (unpaired) electrons. The lowest BCUT2D eigenvalue weighted by Gasteiger charge is -2.37. The van der Waals surface area contributed by atoms with E-state index in [1.54, 1.807) is 48.5 Å². The molecule has 0 atom stereocenters. The van der Waals surface area contributed by atoms with E-state index in [-0.39, 0.29) is 5.91 Å². The Morgan fingerprint density at radius 2 is 1.63 bits per heavy atom. The lowest BCUT2D eigenvalue weighted by atomic mass is 10.1. The number of halogens is 2. The van der Waals surface area contributed by atoms with E-state index in [1.165, 1.54) is 7.11 Å². The van der Waals surface area contributed by atoms with Gasteiger partial charge in [0.1, 0.15) is 0 Å². The first-order valence-corrected chi connectivity index (χ1v) is 12.1. The molecule has 2 amide bonds. The van der Waals surface area contributed by atoms with Gasteiger partial charge in [-0.1, -0.05) is 45.7 Å². The Hall–Kier alpha value is -3.36. The average Bonchev–Trinajstić information content (AvgIpc) is 2.89. The Bertz CT molecular complexity index is 1260. The second-order valence-corrected chi connectivity index (χ2v) is 9.27. The van der Waals surface area contributed by atoms with Crippen molar-refractivity contribution in [3.05, 3.63) is 92.9 Å². The van der Waals surface area contributed by atoms with Gasteiger partial charge in [0.2, 0.25) is 0 Å². The average molecular weight is 557 g/mol. The van der Waals surface area contributed by atoms with Gasteiger partial charge in [-0.15, -0.1) is 0 Å². The summed E-state index contributed by atoms with van der Waals surface area (Å²) in [6.07, 6.45) is 0. The molecular weight excluding hydrogens is 534 g/mol. The molecule has 4 rings (SSSR count). The van der Waals surface area contributed by atoms with E-state index in [9.17, 15) is 14.4 Å². The highest BCUT2D eigenvalue weighted by Gasteiger charge is 2.25. The Morgan fingerprint density at radius 3 is 2.31 bits per heavy atom. The summed E-state index contributed by atoms with van der Waals surface area (Å²) < 4.78 is 5.56. The van der Waals surface area contributed by atoms with E-state index < -0.39 is 11.9 Å². The molecule has 0 bridgehead atoms. The maximum absolute atomic E-state index is 13.1. The van der Waals surface area contributed by atoms with Crippen molar-refractivity contribution < 1.29 is 19.1 Å². The lowest BCUT2D eigenvalue weighted by molar-refractivity contribution is 0.0600. The first kappa shape index (κ1) is 24.8. The molecule has 7 nitrogen and oxygen atoms in total. The van der Waals surface area contributed by atoms with E-state index in [1.807, 2.05) is 23.1 Å². The Morgan fingerprint density at radius 1 is 0.914 bits per heavy atom. The van der Waals surface area contributed by atoms with Crippen LogP contribution in [0.25, 0.3) is 0 Å². The maximum Gasteiger partial charge on any atom is 0.337 e. The minimum Gasteiger partial charge on any atom is -0.465 e. The van der Waals surface area contributed by atoms with Crippen LogP contribution >= 0.6 is 27.5 Å². The molecule has 1 aliphatic rings. The summed E-state index contributed by atoms with van der Waals surface area (Å²) in [6, 6.07) is 19.2. The summed E-state index contributed by atoms with van der Waals surface area (Å²) >= 11 is 9.60. The molecule has 9 heteroatoms. The van der Waals surface area contributed by atoms with Crippen LogP contribution in [0.15, 0.2) is 71.2 Å². The number of carbonyl (C=O) groups excluding carboxylic acids is 3. The highest BCUT2D eigenvalue weighted by molar-refractivity contribution is 9.10. The SMILES string of the molecule is COC(=O)c1ccc(N2CCN(C(=O)c3ccccc3)CC2)c(NC(=O)c2cc(Br)ccc2Cl)c1. The largest absolute Gasteiger partial charge is 0.465 e. The fourth-order valence-corrected chi connectivity index (χ4v) is 4.50. The number of benzene rings is 3. The van der Waals surface area contributed by atoms with Gasteiger partial charge in [-0.25, -0.2) is 4.79 Å². The van der Waals surface area contributed by atoms with Crippen molar-refractivity contribution in [3.8, 4) is 0 Å². The van der Waals surface area contributed by atoms with Crippen molar-refractivity contribution in [3.63, 3.8) is 0 Å². The molecular formula is C26H23BrClN3O4. The second-order valence-electron chi connectivity index (χ2n) is 7.95. The zero-order valence-corrected chi connectivity index (χ0v) is 21.3. The van der Waals surface area contributed by atoms with E-state index in [4.69, 9.17) is 16.3 Å². The first-order valence-electron chi connectivity index (χ1n) is 11.0. The summed E-state index contributed by atoms with van der Waals surface area (Å²) in [5, 5.41) is 3.21. The van der Waals surface area contributed by atoms with E-state index in [0.29, 0.717) is 53.6 Å². The zero-order valence-electron chi connectivity index (χ0n) is 19.0. The number of methoxy groups -OCH3 is 1. The quantitative estimate of drug-likeness (QED) is 0.442.